The van der Waals surface area contributed by atoms with Gasteiger partial charge in [0.05, 0.1) is 0 Å². The molecule has 0 aromatic carbocycles. The monoisotopic (exact) mass is 260 g/mol. The number of ether oxygens (including phenoxy) is 1. The van der Waals surface area contributed by atoms with E-state index in [1.807, 2.05) is 6.07 Å². The number of rotatable bonds is 3. The molecule has 0 bridgehead atoms. The van der Waals surface area contributed by atoms with Crippen molar-refractivity contribution in [1.29, 1.82) is 0 Å². The lowest BCUT2D eigenvalue weighted by molar-refractivity contribution is 0.0965. The Balaban J connectivity index is 1.63. The number of hydrogen-bond acceptors (Lipinski definition) is 3. The molecular formula is C16H24N2O. The zero-order valence-corrected chi connectivity index (χ0v) is 12.0. The Hall–Kier alpha value is -1.25. The lowest BCUT2D eigenvalue weighted by atomic mass is 9.80. The fourth-order valence-electron chi connectivity index (χ4n) is 2.97. The summed E-state index contributed by atoms with van der Waals surface area (Å²) in [5, 5.41) is 0. The molecule has 3 atom stereocenters. The Morgan fingerprint density at radius 2 is 2.00 bits per heavy atom. The summed E-state index contributed by atoms with van der Waals surface area (Å²) in [6.07, 6.45) is 5.24. The van der Waals surface area contributed by atoms with Crippen LogP contribution in [-0.2, 0) is 0 Å². The summed E-state index contributed by atoms with van der Waals surface area (Å²) < 4.78 is 6.10. The molecule has 0 spiro atoms. The van der Waals surface area contributed by atoms with Crippen molar-refractivity contribution in [2.24, 2.45) is 11.8 Å². The number of pyridine rings is 1. The molecule has 19 heavy (non-hydrogen) atoms. The van der Waals surface area contributed by atoms with Crippen LogP contribution in [0.2, 0.25) is 0 Å². The van der Waals surface area contributed by atoms with Crippen molar-refractivity contribution >= 4 is 5.82 Å². The second-order valence-electron chi connectivity index (χ2n) is 6.18. The predicted octanol–water partition coefficient (Wildman–Crippen LogP) is 3.50. The van der Waals surface area contributed by atoms with Gasteiger partial charge in [0.25, 0.3) is 0 Å². The summed E-state index contributed by atoms with van der Waals surface area (Å²) in [6.45, 7) is 6.95. The Bertz CT molecular complexity index is 431. The first kappa shape index (κ1) is 12.8. The van der Waals surface area contributed by atoms with Crippen molar-refractivity contribution in [3.8, 4) is 5.88 Å². The fourth-order valence-corrected chi connectivity index (χ4v) is 2.97. The molecule has 2 aliphatic rings. The van der Waals surface area contributed by atoms with Gasteiger partial charge in [0, 0.05) is 19.2 Å². The molecule has 0 N–H and O–H groups in total. The van der Waals surface area contributed by atoms with Crippen LogP contribution >= 0.6 is 0 Å². The van der Waals surface area contributed by atoms with E-state index in [2.05, 4.69) is 35.9 Å². The second kappa shape index (κ2) is 5.40. The normalized spacial score (nSPS) is 30.8. The fraction of sp³-hybridized carbons (Fsp3) is 0.688. The Kier molecular flexibility index (Phi) is 3.63. The third-order valence-corrected chi connectivity index (χ3v) is 4.73. The minimum atomic E-state index is 0.352. The van der Waals surface area contributed by atoms with Crippen molar-refractivity contribution in [3.05, 3.63) is 18.2 Å². The lowest BCUT2D eigenvalue weighted by Crippen LogP contribution is -2.37. The van der Waals surface area contributed by atoms with Gasteiger partial charge in [0.2, 0.25) is 5.88 Å². The van der Waals surface area contributed by atoms with Crippen LogP contribution in [0.1, 0.15) is 39.5 Å². The molecule has 1 saturated carbocycles. The van der Waals surface area contributed by atoms with Crippen LogP contribution in [-0.4, -0.2) is 24.2 Å². The van der Waals surface area contributed by atoms with E-state index in [1.165, 1.54) is 19.3 Å². The van der Waals surface area contributed by atoms with Crippen LogP contribution in [0.3, 0.4) is 0 Å². The van der Waals surface area contributed by atoms with Gasteiger partial charge in [-0.3, -0.25) is 0 Å². The molecule has 2 fully saturated rings. The zero-order valence-electron chi connectivity index (χ0n) is 12.0. The van der Waals surface area contributed by atoms with E-state index in [0.717, 1.165) is 43.0 Å². The maximum absolute atomic E-state index is 6.10. The average Bonchev–Trinajstić information content (AvgIpc) is 2.32. The van der Waals surface area contributed by atoms with Gasteiger partial charge < -0.3 is 9.64 Å². The molecule has 3 rings (SSSR count). The van der Waals surface area contributed by atoms with E-state index < -0.39 is 0 Å². The standard InChI is InChI=1S/C16H24N2O/c1-12-7-8-14(11-13(12)2)19-16-6-3-5-15(17-16)18-9-4-10-18/h3,5-6,12-14H,4,7-11H2,1-2H3/t12-,13?,14-/m0/s1. The summed E-state index contributed by atoms with van der Waals surface area (Å²) in [4.78, 5) is 6.94. The number of hydrogen-bond donors (Lipinski definition) is 0. The van der Waals surface area contributed by atoms with Crippen molar-refractivity contribution in [2.75, 3.05) is 18.0 Å². The highest BCUT2D eigenvalue weighted by molar-refractivity contribution is 5.42. The van der Waals surface area contributed by atoms with Crippen LogP contribution in [0.4, 0.5) is 5.82 Å². The topological polar surface area (TPSA) is 25.4 Å². The van der Waals surface area contributed by atoms with Crippen molar-refractivity contribution < 1.29 is 4.74 Å². The molecular weight excluding hydrogens is 236 g/mol. The van der Waals surface area contributed by atoms with Crippen LogP contribution in [0.15, 0.2) is 18.2 Å². The van der Waals surface area contributed by atoms with E-state index in [0.29, 0.717) is 6.10 Å². The quantitative estimate of drug-likeness (QED) is 0.831. The van der Waals surface area contributed by atoms with E-state index in [-0.39, 0.29) is 0 Å². The molecule has 1 aromatic heterocycles. The predicted molar refractivity (Wildman–Crippen MR) is 77.7 cm³/mol. The SMILES string of the molecule is CC1C[C@@H](Oc2cccc(N3CCC3)n2)CC[C@@H]1C. The average molecular weight is 260 g/mol. The van der Waals surface area contributed by atoms with Crippen molar-refractivity contribution in [3.63, 3.8) is 0 Å². The maximum Gasteiger partial charge on any atom is 0.215 e. The van der Waals surface area contributed by atoms with Crippen LogP contribution < -0.4 is 9.64 Å². The minimum Gasteiger partial charge on any atom is -0.474 e. The third kappa shape index (κ3) is 2.85. The Labute approximate surface area is 116 Å². The van der Waals surface area contributed by atoms with Crippen LogP contribution in [0.25, 0.3) is 0 Å². The summed E-state index contributed by atoms with van der Waals surface area (Å²) in [5.74, 6) is 3.47. The van der Waals surface area contributed by atoms with Gasteiger partial charge in [-0.2, -0.15) is 4.98 Å². The third-order valence-electron chi connectivity index (χ3n) is 4.73. The van der Waals surface area contributed by atoms with Gasteiger partial charge in [-0.1, -0.05) is 19.9 Å². The first-order valence-electron chi connectivity index (χ1n) is 7.61. The summed E-state index contributed by atoms with van der Waals surface area (Å²) in [5.41, 5.74) is 0. The first-order chi connectivity index (χ1) is 9.22. The Morgan fingerprint density at radius 1 is 1.16 bits per heavy atom. The molecule has 0 radical (unpaired) electrons. The van der Waals surface area contributed by atoms with Gasteiger partial charge in [-0.25, -0.2) is 0 Å². The van der Waals surface area contributed by atoms with Crippen LogP contribution in [0.5, 0.6) is 5.88 Å². The molecule has 2 heterocycles. The number of nitrogens with zero attached hydrogens (tertiary/aromatic N) is 2. The second-order valence-corrected chi connectivity index (χ2v) is 6.18. The molecule has 1 aliphatic carbocycles. The van der Waals surface area contributed by atoms with E-state index >= 15 is 0 Å². The van der Waals surface area contributed by atoms with E-state index in [1.54, 1.807) is 0 Å². The van der Waals surface area contributed by atoms with Crippen molar-refractivity contribution in [1.82, 2.24) is 4.98 Å². The van der Waals surface area contributed by atoms with Gasteiger partial charge >= 0.3 is 0 Å². The smallest absolute Gasteiger partial charge is 0.215 e. The maximum atomic E-state index is 6.10. The molecule has 1 aromatic rings. The lowest BCUT2D eigenvalue weighted by Gasteiger charge is -2.33. The number of aromatic nitrogens is 1. The van der Waals surface area contributed by atoms with Crippen LogP contribution in [0, 0.1) is 11.8 Å². The Morgan fingerprint density at radius 3 is 2.68 bits per heavy atom. The largest absolute Gasteiger partial charge is 0.474 e. The highest BCUT2D eigenvalue weighted by Gasteiger charge is 2.26. The molecule has 104 valence electrons. The molecule has 3 heteroatoms. The molecule has 1 saturated heterocycles. The van der Waals surface area contributed by atoms with Crippen molar-refractivity contribution in [2.45, 2.75) is 45.6 Å². The van der Waals surface area contributed by atoms with E-state index in [4.69, 9.17) is 4.74 Å². The summed E-state index contributed by atoms with van der Waals surface area (Å²) in [6, 6.07) is 6.13. The highest BCUT2D eigenvalue weighted by Crippen LogP contribution is 2.32. The van der Waals surface area contributed by atoms with Gasteiger partial charge in [-0.15, -0.1) is 0 Å². The van der Waals surface area contributed by atoms with Gasteiger partial charge in [0.1, 0.15) is 11.9 Å². The number of anilines is 1. The molecule has 3 nitrogen and oxygen atoms in total. The van der Waals surface area contributed by atoms with E-state index in [9.17, 15) is 0 Å². The summed E-state index contributed by atoms with van der Waals surface area (Å²) >= 11 is 0. The minimum absolute atomic E-state index is 0.352. The molecule has 1 unspecified atom stereocenters. The zero-order chi connectivity index (χ0) is 13.2. The van der Waals surface area contributed by atoms with Gasteiger partial charge in [0.15, 0.2) is 0 Å². The molecule has 1 aliphatic heterocycles. The first-order valence-corrected chi connectivity index (χ1v) is 7.61. The van der Waals surface area contributed by atoms with Gasteiger partial charge in [-0.05, 0) is 43.6 Å². The summed E-state index contributed by atoms with van der Waals surface area (Å²) in [7, 11) is 0. The highest BCUT2D eigenvalue weighted by atomic mass is 16.5. The molecule has 0 amide bonds.